The van der Waals surface area contributed by atoms with Crippen LogP contribution in [0.3, 0.4) is 0 Å². The van der Waals surface area contributed by atoms with E-state index >= 15 is 0 Å². The van der Waals surface area contributed by atoms with Gasteiger partial charge in [-0.3, -0.25) is 4.79 Å². The number of nitrogens with zero attached hydrogens (tertiary/aromatic N) is 2. The number of hydrogen-bond donors (Lipinski definition) is 2. The van der Waals surface area contributed by atoms with E-state index in [1.54, 1.807) is 42.5 Å². The van der Waals surface area contributed by atoms with Crippen molar-refractivity contribution >= 4 is 45.0 Å². The van der Waals surface area contributed by atoms with Crippen molar-refractivity contribution in [3.8, 4) is 10.4 Å². The van der Waals surface area contributed by atoms with Crippen LogP contribution in [0.1, 0.15) is 4.88 Å². The molecule has 0 saturated carbocycles. The zero-order chi connectivity index (χ0) is 23.3. The third-order valence-electron chi connectivity index (χ3n) is 4.39. The number of carbonyl (C=O) groups is 1. The Labute approximate surface area is 193 Å². The molecule has 1 amide bonds. The Kier molecular flexibility index (Phi) is 6.57. The summed E-state index contributed by atoms with van der Waals surface area (Å²) < 4.78 is 41.0. The van der Waals surface area contributed by atoms with Gasteiger partial charge in [0.1, 0.15) is 5.82 Å². The van der Waals surface area contributed by atoms with Gasteiger partial charge in [0.05, 0.1) is 4.90 Å². The second-order valence-corrected chi connectivity index (χ2v) is 9.50. The minimum atomic E-state index is -3.86. The highest BCUT2D eigenvalue weighted by atomic mass is 32.2. The number of carbonyl (C=O) groups excluding carboxylic acids is 1. The van der Waals surface area contributed by atoms with E-state index in [-0.39, 0.29) is 22.6 Å². The molecule has 2 N–H and O–H groups in total. The molecule has 0 radical (unpaired) electrons. The van der Waals surface area contributed by atoms with Gasteiger partial charge in [-0.25, -0.2) is 27.5 Å². The molecule has 2 aromatic heterocycles. The summed E-state index contributed by atoms with van der Waals surface area (Å²) >= 11 is 1.36. The van der Waals surface area contributed by atoms with Crippen molar-refractivity contribution in [1.29, 1.82) is 0 Å². The Morgan fingerprint density at radius 3 is 2.39 bits per heavy atom. The molecule has 7 nitrogen and oxygen atoms in total. The highest BCUT2D eigenvalue weighted by Crippen LogP contribution is 2.30. The Bertz CT molecular complexity index is 1400. The number of hydrogen-bond acceptors (Lipinski definition) is 6. The predicted molar refractivity (Wildman–Crippen MR) is 127 cm³/mol. The van der Waals surface area contributed by atoms with Gasteiger partial charge in [0.25, 0.3) is 10.0 Å². The van der Waals surface area contributed by atoms with Gasteiger partial charge >= 0.3 is 0 Å². The van der Waals surface area contributed by atoms with Gasteiger partial charge in [0.2, 0.25) is 11.9 Å². The first-order chi connectivity index (χ1) is 15.9. The lowest BCUT2D eigenvalue weighted by Crippen LogP contribution is -2.15. The number of anilines is 2. The number of amides is 1. The van der Waals surface area contributed by atoms with Crippen LogP contribution in [0.5, 0.6) is 0 Å². The lowest BCUT2D eigenvalue weighted by Gasteiger charge is -2.07. The van der Waals surface area contributed by atoms with Gasteiger partial charge in [0, 0.05) is 39.5 Å². The van der Waals surface area contributed by atoms with Crippen LogP contribution in [0.2, 0.25) is 0 Å². The van der Waals surface area contributed by atoms with Crippen molar-refractivity contribution in [3.05, 3.63) is 95.9 Å². The standard InChI is InChI=1S/C23H17FN4O3S2/c24-20-5-2-1-4-19(20)21-12-8-17(32-21)9-13-22(29)27-16-6-10-18(11-7-16)33(30,31)28-23-25-14-3-15-26-23/h1-15H,(H,27,29)(H,25,26,28). The second kappa shape index (κ2) is 9.72. The van der Waals surface area contributed by atoms with Crippen molar-refractivity contribution in [2.75, 3.05) is 10.0 Å². The van der Waals surface area contributed by atoms with Crippen LogP contribution >= 0.6 is 11.3 Å². The smallest absolute Gasteiger partial charge is 0.264 e. The summed E-state index contributed by atoms with van der Waals surface area (Å²) in [6.45, 7) is 0. The lowest BCUT2D eigenvalue weighted by molar-refractivity contribution is -0.111. The molecule has 0 aliphatic carbocycles. The van der Waals surface area contributed by atoms with E-state index in [4.69, 9.17) is 0 Å². The maximum Gasteiger partial charge on any atom is 0.264 e. The Morgan fingerprint density at radius 1 is 0.939 bits per heavy atom. The number of thiophene rings is 1. The lowest BCUT2D eigenvalue weighted by atomic mass is 10.2. The van der Waals surface area contributed by atoms with Crippen LogP contribution in [0, 0.1) is 5.82 Å². The van der Waals surface area contributed by atoms with Crippen LogP contribution in [0.25, 0.3) is 16.5 Å². The Balaban J connectivity index is 1.38. The summed E-state index contributed by atoms with van der Waals surface area (Å²) in [7, 11) is -3.86. The number of benzene rings is 2. The van der Waals surface area contributed by atoms with E-state index in [1.165, 1.54) is 60.1 Å². The quantitative estimate of drug-likeness (QED) is 0.370. The zero-order valence-electron chi connectivity index (χ0n) is 17.0. The molecule has 0 unspecified atom stereocenters. The molecule has 33 heavy (non-hydrogen) atoms. The first-order valence-electron chi connectivity index (χ1n) is 9.64. The Hall–Kier alpha value is -3.89. The SMILES string of the molecule is O=C(C=Cc1ccc(-c2ccccc2F)s1)Nc1ccc(S(=O)(=O)Nc2ncccn2)cc1. The van der Waals surface area contributed by atoms with E-state index < -0.39 is 10.0 Å². The van der Waals surface area contributed by atoms with E-state index in [2.05, 4.69) is 20.0 Å². The molecule has 2 heterocycles. The number of nitrogens with one attached hydrogen (secondary N) is 2. The molecule has 0 spiro atoms. The van der Waals surface area contributed by atoms with Gasteiger partial charge in [0.15, 0.2) is 0 Å². The van der Waals surface area contributed by atoms with Crippen LogP contribution in [-0.2, 0) is 14.8 Å². The predicted octanol–water partition coefficient (Wildman–Crippen LogP) is 4.80. The zero-order valence-corrected chi connectivity index (χ0v) is 18.6. The average molecular weight is 481 g/mol. The average Bonchev–Trinajstić information content (AvgIpc) is 3.28. The summed E-state index contributed by atoms with van der Waals surface area (Å²) in [5.41, 5.74) is 0.938. The van der Waals surface area contributed by atoms with Crippen molar-refractivity contribution in [3.63, 3.8) is 0 Å². The normalized spacial score (nSPS) is 11.4. The van der Waals surface area contributed by atoms with Gasteiger partial charge < -0.3 is 5.32 Å². The minimum absolute atomic E-state index is 0.00255. The first-order valence-corrected chi connectivity index (χ1v) is 11.9. The van der Waals surface area contributed by atoms with Crippen LogP contribution < -0.4 is 10.0 Å². The van der Waals surface area contributed by atoms with E-state index in [0.717, 1.165) is 9.75 Å². The van der Waals surface area contributed by atoms with Crippen molar-refractivity contribution in [2.45, 2.75) is 4.90 Å². The third kappa shape index (κ3) is 5.68. The fourth-order valence-electron chi connectivity index (χ4n) is 2.84. The molecule has 4 rings (SSSR count). The molecule has 0 atom stereocenters. The Morgan fingerprint density at radius 2 is 1.67 bits per heavy atom. The maximum atomic E-state index is 13.9. The fourth-order valence-corrected chi connectivity index (χ4v) is 4.73. The summed E-state index contributed by atoms with van der Waals surface area (Å²) in [6, 6.07) is 17.4. The highest BCUT2D eigenvalue weighted by molar-refractivity contribution is 7.92. The van der Waals surface area contributed by atoms with Gasteiger partial charge in [-0.15, -0.1) is 11.3 Å². The number of rotatable bonds is 7. The molecule has 0 aliphatic rings. The van der Waals surface area contributed by atoms with E-state index in [9.17, 15) is 17.6 Å². The van der Waals surface area contributed by atoms with Gasteiger partial charge in [-0.2, -0.15) is 0 Å². The number of aromatic nitrogens is 2. The highest BCUT2D eigenvalue weighted by Gasteiger charge is 2.15. The van der Waals surface area contributed by atoms with Crippen LogP contribution in [0.15, 0.2) is 90.1 Å². The third-order valence-corrected chi connectivity index (χ3v) is 6.82. The molecule has 10 heteroatoms. The second-order valence-electron chi connectivity index (χ2n) is 6.71. The summed E-state index contributed by atoms with van der Waals surface area (Å²) in [6.07, 6.45) is 5.84. The maximum absolute atomic E-state index is 13.9. The number of halogens is 1. The first kappa shape index (κ1) is 22.3. The van der Waals surface area contributed by atoms with Crippen molar-refractivity contribution in [1.82, 2.24) is 9.97 Å². The molecular formula is C23H17FN4O3S2. The van der Waals surface area contributed by atoms with E-state index in [0.29, 0.717) is 11.3 Å². The summed E-state index contributed by atoms with van der Waals surface area (Å²) in [4.78, 5) is 21.5. The molecule has 0 fully saturated rings. The largest absolute Gasteiger partial charge is 0.323 e. The molecule has 0 bridgehead atoms. The molecule has 0 saturated heterocycles. The monoisotopic (exact) mass is 480 g/mol. The van der Waals surface area contributed by atoms with Crippen LogP contribution in [-0.4, -0.2) is 24.3 Å². The molecular weight excluding hydrogens is 463 g/mol. The molecule has 0 aliphatic heterocycles. The fraction of sp³-hybridized carbons (Fsp3) is 0. The van der Waals surface area contributed by atoms with Crippen molar-refractivity contribution in [2.24, 2.45) is 0 Å². The summed E-state index contributed by atoms with van der Waals surface area (Å²) in [5.74, 6) is -0.724. The van der Waals surface area contributed by atoms with Gasteiger partial charge in [-0.1, -0.05) is 18.2 Å². The van der Waals surface area contributed by atoms with Crippen LogP contribution in [0.4, 0.5) is 16.0 Å². The molecule has 4 aromatic rings. The minimum Gasteiger partial charge on any atom is -0.323 e. The summed E-state index contributed by atoms with van der Waals surface area (Å²) in [5, 5.41) is 2.67. The number of sulfonamides is 1. The molecule has 2 aromatic carbocycles. The van der Waals surface area contributed by atoms with E-state index in [1.807, 2.05) is 0 Å². The molecule has 166 valence electrons. The topological polar surface area (TPSA) is 101 Å². The van der Waals surface area contributed by atoms with Crippen molar-refractivity contribution < 1.29 is 17.6 Å². The van der Waals surface area contributed by atoms with Gasteiger partial charge in [-0.05, 0) is 54.6 Å².